The Bertz CT molecular complexity index is 1250. The molecule has 3 aromatic rings. The molecule has 0 fully saturated rings. The van der Waals surface area contributed by atoms with Crippen LogP contribution in [0.1, 0.15) is 16.8 Å². The number of methoxy groups -OCH3 is 2. The number of aromatic nitrogens is 1. The predicted octanol–water partition coefficient (Wildman–Crippen LogP) is 4.16. The quantitative estimate of drug-likeness (QED) is 0.234. The third-order valence-corrected chi connectivity index (χ3v) is 5.30. The van der Waals surface area contributed by atoms with Crippen LogP contribution < -0.4 is 20.2 Å². The van der Waals surface area contributed by atoms with Crippen molar-refractivity contribution < 1.29 is 37.0 Å². The summed E-state index contributed by atoms with van der Waals surface area (Å²) in [4.78, 5) is 27.6. The highest BCUT2D eigenvalue weighted by atomic mass is 32.1. The Kier molecular flexibility index (Phi) is 8.84. The van der Waals surface area contributed by atoms with Gasteiger partial charge in [0.25, 0.3) is 0 Å². The number of hydrogen-bond donors (Lipinski definition) is 2. The summed E-state index contributed by atoms with van der Waals surface area (Å²) in [6.07, 6.45) is -3.14. The molecule has 0 saturated carbocycles. The number of carbonyl (C=O) groups excluding carboxylic acids is 2. The SMILES string of the molecule is COC(=O)COc1ccc(/C=N\NC(=O)Cc2csc(Nc3cccc(C(F)(F)F)c3)n2)cc1OC. The fourth-order valence-corrected chi connectivity index (χ4v) is 3.53. The molecule has 3 rings (SSSR count). The van der Waals surface area contributed by atoms with Gasteiger partial charge in [-0.25, -0.2) is 15.2 Å². The van der Waals surface area contributed by atoms with Crippen LogP contribution in [0.2, 0.25) is 0 Å². The minimum atomic E-state index is -4.45. The van der Waals surface area contributed by atoms with Crippen molar-refractivity contribution >= 4 is 40.2 Å². The normalized spacial score (nSPS) is 11.2. The molecule has 0 aliphatic heterocycles. The van der Waals surface area contributed by atoms with Gasteiger partial charge in [-0.15, -0.1) is 11.3 Å². The lowest BCUT2D eigenvalue weighted by atomic mass is 10.2. The van der Waals surface area contributed by atoms with E-state index in [2.05, 4.69) is 25.6 Å². The van der Waals surface area contributed by atoms with Crippen molar-refractivity contribution in [3.05, 3.63) is 64.7 Å². The maximum Gasteiger partial charge on any atom is 0.416 e. The molecule has 1 amide bonds. The molecule has 0 radical (unpaired) electrons. The number of benzene rings is 2. The van der Waals surface area contributed by atoms with Gasteiger partial charge in [0.2, 0.25) is 5.91 Å². The van der Waals surface area contributed by atoms with E-state index in [0.717, 1.165) is 23.5 Å². The number of alkyl halides is 3. The molecule has 36 heavy (non-hydrogen) atoms. The lowest BCUT2D eigenvalue weighted by molar-refractivity contribution is -0.143. The zero-order valence-corrected chi connectivity index (χ0v) is 19.9. The van der Waals surface area contributed by atoms with E-state index in [1.165, 1.54) is 32.6 Å². The number of amides is 1. The van der Waals surface area contributed by atoms with Crippen LogP contribution in [0.15, 0.2) is 52.9 Å². The number of rotatable bonds is 10. The van der Waals surface area contributed by atoms with Crippen molar-refractivity contribution in [1.82, 2.24) is 10.4 Å². The van der Waals surface area contributed by atoms with Gasteiger partial charge < -0.3 is 19.5 Å². The first-order chi connectivity index (χ1) is 17.2. The van der Waals surface area contributed by atoms with Crippen LogP contribution in [0.5, 0.6) is 11.5 Å². The van der Waals surface area contributed by atoms with Crippen molar-refractivity contribution in [2.24, 2.45) is 5.10 Å². The monoisotopic (exact) mass is 522 g/mol. The van der Waals surface area contributed by atoms with Crippen molar-refractivity contribution in [3.63, 3.8) is 0 Å². The minimum Gasteiger partial charge on any atom is -0.493 e. The van der Waals surface area contributed by atoms with Gasteiger partial charge in [-0.05, 0) is 42.0 Å². The van der Waals surface area contributed by atoms with E-state index in [9.17, 15) is 22.8 Å². The summed E-state index contributed by atoms with van der Waals surface area (Å²) in [7, 11) is 2.69. The number of esters is 1. The van der Waals surface area contributed by atoms with Crippen molar-refractivity contribution in [3.8, 4) is 11.5 Å². The van der Waals surface area contributed by atoms with Crippen LogP contribution in [0.25, 0.3) is 0 Å². The molecule has 0 atom stereocenters. The van der Waals surface area contributed by atoms with E-state index in [-0.39, 0.29) is 18.7 Å². The molecule has 2 aromatic carbocycles. The molecule has 0 bridgehead atoms. The van der Waals surface area contributed by atoms with Crippen molar-refractivity contribution in [2.75, 3.05) is 26.1 Å². The zero-order chi connectivity index (χ0) is 26.1. The molecule has 1 aromatic heterocycles. The number of hydrogen-bond acceptors (Lipinski definition) is 9. The Morgan fingerprint density at radius 3 is 2.67 bits per heavy atom. The van der Waals surface area contributed by atoms with Crippen molar-refractivity contribution in [2.45, 2.75) is 12.6 Å². The highest BCUT2D eigenvalue weighted by molar-refractivity contribution is 7.13. The fraction of sp³-hybridized carbons (Fsp3) is 0.217. The largest absolute Gasteiger partial charge is 0.493 e. The van der Waals surface area contributed by atoms with E-state index < -0.39 is 23.6 Å². The molecule has 13 heteroatoms. The van der Waals surface area contributed by atoms with Gasteiger partial charge in [0.15, 0.2) is 23.2 Å². The molecule has 0 aliphatic rings. The van der Waals surface area contributed by atoms with Crippen LogP contribution in [0.4, 0.5) is 24.0 Å². The van der Waals surface area contributed by atoms with E-state index in [1.54, 1.807) is 23.6 Å². The third kappa shape index (κ3) is 7.70. The fourth-order valence-electron chi connectivity index (χ4n) is 2.80. The van der Waals surface area contributed by atoms with Crippen molar-refractivity contribution in [1.29, 1.82) is 0 Å². The van der Waals surface area contributed by atoms with E-state index in [1.807, 2.05) is 0 Å². The molecule has 9 nitrogen and oxygen atoms in total. The van der Waals surface area contributed by atoms with E-state index in [0.29, 0.717) is 27.9 Å². The van der Waals surface area contributed by atoms with Gasteiger partial charge in [0.05, 0.1) is 38.1 Å². The van der Waals surface area contributed by atoms with E-state index in [4.69, 9.17) is 9.47 Å². The van der Waals surface area contributed by atoms with Crippen LogP contribution in [-0.4, -0.2) is 43.9 Å². The number of ether oxygens (including phenoxy) is 3. The molecule has 0 spiro atoms. The molecular formula is C23H21F3N4O5S. The Balaban J connectivity index is 1.53. The molecule has 0 saturated heterocycles. The smallest absolute Gasteiger partial charge is 0.416 e. The average molecular weight is 523 g/mol. The number of thiazole rings is 1. The molecule has 2 N–H and O–H groups in total. The lowest BCUT2D eigenvalue weighted by Crippen LogP contribution is -2.20. The van der Waals surface area contributed by atoms with Gasteiger partial charge in [-0.1, -0.05) is 6.07 Å². The summed E-state index contributed by atoms with van der Waals surface area (Å²) >= 11 is 1.16. The first-order valence-electron chi connectivity index (χ1n) is 10.3. The molecule has 0 aliphatic carbocycles. The predicted molar refractivity (Wildman–Crippen MR) is 127 cm³/mol. The Labute approximate surface area is 207 Å². The van der Waals surface area contributed by atoms with Gasteiger partial charge in [-0.2, -0.15) is 18.3 Å². The second kappa shape index (κ2) is 12.0. The number of carbonyl (C=O) groups is 2. The topological polar surface area (TPSA) is 111 Å². The molecular weight excluding hydrogens is 501 g/mol. The summed E-state index contributed by atoms with van der Waals surface area (Å²) in [6.45, 7) is -0.274. The maximum absolute atomic E-state index is 12.9. The number of nitrogens with one attached hydrogen (secondary N) is 2. The molecule has 190 valence electrons. The second-order valence-electron chi connectivity index (χ2n) is 7.09. The van der Waals surface area contributed by atoms with Gasteiger partial charge >= 0.3 is 12.1 Å². The van der Waals surface area contributed by atoms with Gasteiger partial charge in [0, 0.05) is 11.1 Å². The Hall–Kier alpha value is -4.13. The third-order valence-electron chi connectivity index (χ3n) is 4.50. The number of hydrazone groups is 1. The highest BCUT2D eigenvalue weighted by Crippen LogP contribution is 2.32. The minimum absolute atomic E-state index is 0.0816. The summed E-state index contributed by atoms with van der Waals surface area (Å²) in [6, 6.07) is 9.58. The Morgan fingerprint density at radius 2 is 1.94 bits per heavy atom. The van der Waals surface area contributed by atoms with Crippen LogP contribution >= 0.6 is 11.3 Å². The molecule has 1 heterocycles. The Morgan fingerprint density at radius 1 is 1.14 bits per heavy atom. The summed E-state index contributed by atoms with van der Waals surface area (Å²) in [5, 5.41) is 8.67. The zero-order valence-electron chi connectivity index (χ0n) is 19.1. The highest BCUT2D eigenvalue weighted by Gasteiger charge is 2.30. The molecule has 0 unspecified atom stereocenters. The number of anilines is 2. The summed E-state index contributed by atoms with van der Waals surface area (Å²) < 4.78 is 53.7. The maximum atomic E-state index is 12.9. The van der Waals surface area contributed by atoms with Crippen LogP contribution in [-0.2, 0) is 26.9 Å². The average Bonchev–Trinajstić information content (AvgIpc) is 3.28. The standard InChI is InChI=1S/C23H21F3N4O5S/c1-33-19-8-14(6-7-18(19)35-12-21(32)34-2)11-27-30-20(31)10-17-13-36-22(29-17)28-16-5-3-4-15(9-16)23(24,25)26/h3-9,11,13H,10,12H2,1-2H3,(H,28,29)(H,30,31)/b27-11-. The summed E-state index contributed by atoms with van der Waals surface area (Å²) in [5.41, 5.74) is 2.86. The van der Waals surface area contributed by atoms with Gasteiger partial charge in [0.1, 0.15) is 0 Å². The van der Waals surface area contributed by atoms with Gasteiger partial charge in [-0.3, -0.25) is 4.79 Å². The number of nitrogens with zero attached hydrogens (tertiary/aromatic N) is 2. The first kappa shape index (κ1) is 26.5. The summed E-state index contributed by atoms with van der Waals surface area (Å²) in [5.74, 6) is -0.282. The number of halogens is 3. The van der Waals surface area contributed by atoms with Crippen LogP contribution in [0, 0.1) is 0 Å². The first-order valence-corrected chi connectivity index (χ1v) is 11.1. The lowest BCUT2D eigenvalue weighted by Gasteiger charge is -2.10. The second-order valence-corrected chi connectivity index (χ2v) is 7.95. The van der Waals surface area contributed by atoms with E-state index >= 15 is 0 Å². The van der Waals surface area contributed by atoms with Crippen LogP contribution in [0.3, 0.4) is 0 Å².